The number of hydrogen-bond acceptors (Lipinski definition) is 3. The molecule has 2 rings (SSSR count). The fourth-order valence-electron chi connectivity index (χ4n) is 2.09. The molecule has 0 aliphatic rings. The molecular formula is C14H20BrN3S. The highest BCUT2D eigenvalue weighted by molar-refractivity contribution is 9.11. The Morgan fingerprint density at radius 2 is 2.32 bits per heavy atom. The van der Waals surface area contributed by atoms with Crippen molar-refractivity contribution >= 4 is 27.3 Å². The monoisotopic (exact) mass is 341 g/mol. The van der Waals surface area contributed by atoms with E-state index in [1.807, 2.05) is 29.3 Å². The summed E-state index contributed by atoms with van der Waals surface area (Å²) in [6.45, 7) is 3.27. The number of halogens is 1. The van der Waals surface area contributed by atoms with E-state index in [0.717, 1.165) is 25.8 Å². The zero-order chi connectivity index (χ0) is 13.7. The summed E-state index contributed by atoms with van der Waals surface area (Å²) in [5.74, 6) is 0. The number of nitrogens with one attached hydrogen (secondary N) is 1. The summed E-state index contributed by atoms with van der Waals surface area (Å²) in [6, 6.07) is 4.78. The molecule has 0 radical (unpaired) electrons. The Hall–Kier alpha value is -0.650. The molecule has 1 atom stereocenters. The summed E-state index contributed by atoms with van der Waals surface area (Å²) < 4.78 is 3.07. The molecule has 19 heavy (non-hydrogen) atoms. The minimum absolute atomic E-state index is 0.441. The van der Waals surface area contributed by atoms with Crippen LogP contribution in [-0.4, -0.2) is 16.3 Å². The van der Waals surface area contributed by atoms with E-state index >= 15 is 0 Å². The van der Waals surface area contributed by atoms with Crippen LogP contribution in [0.5, 0.6) is 0 Å². The number of hydrogen-bond donors (Lipinski definition) is 1. The first-order valence-corrected chi connectivity index (χ1v) is 8.26. The molecule has 2 aromatic rings. The molecule has 1 unspecified atom stereocenters. The molecule has 3 nitrogen and oxygen atoms in total. The summed E-state index contributed by atoms with van der Waals surface area (Å²) in [5.41, 5.74) is 1.31. The Kier molecular flexibility index (Phi) is 5.60. The van der Waals surface area contributed by atoms with Crippen LogP contribution in [0.2, 0.25) is 0 Å². The van der Waals surface area contributed by atoms with Gasteiger partial charge < -0.3 is 5.32 Å². The lowest BCUT2D eigenvalue weighted by molar-refractivity contribution is 0.506. The molecule has 1 N–H and O–H groups in total. The Bertz CT molecular complexity index is 506. The van der Waals surface area contributed by atoms with E-state index in [1.165, 1.54) is 14.2 Å². The topological polar surface area (TPSA) is 29.9 Å². The molecule has 2 aromatic heterocycles. The lowest BCUT2D eigenvalue weighted by Gasteiger charge is -2.16. The molecule has 0 amide bonds. The highest BCUT2D eigenvalue weighted by Gasteiger charge is 2.13. The third-order valence-corrected chi connectivity index (χ3v) is 4.80. The Labute approximate surface area is 127 Å². The van der Waals surface area contributed by atoms with Gasteiger partial charge in [-0.3, -0.25) is 4.68 Å². The molecule has 0 aliphatic carbocycles. The lowest BCUT2D eigenvalue weighted by Crippen LogP contribution is -2.21. The van der Waals surface area contributed by atoms with Crippen LogP contribution in [0.15, 0.2) is 28.3 Å². The second-order valence-electron chi connectivity index (χ2n) is 4.71. The molecule has 0 aliphatic heterocycles. The number of rotatable bonds is 7. The van der Waals surface area contributed by atoms with Gasteiger partial charge in [0.25, 0.3) is 0 Å². The van der Waals surface area contributed by atoms with E-state index in [1.54, 1.807) is 0 Å². The molecule has 5 heteroatoms. The zero-order valence-electron chi connectivity index (χ0n) is 11.4. The van der Waals surface area contributed by atoms with Crippen molar-refractivity contribution in [2.24, 2.45) is 7.05 Å². The lowest BCUT2D eigenvalue weighted by atomic mass is 10.1. The maximum absolute atomic E-state index is 4.22. The molecule has 0 fully saturated rings. The summed E-state index contributed by atoms with van der Waals surface area (Å²) >= 11 is 5.37. The van der Waals surface area contributed by atoms with Crippen molar-refractivity contribution in [1.82, 2.24) is 15.1 Å². The Morgan fingerprint density at radius 3 is 2.89 bits per heavy atom. The molecule has 0 saturated heterocycles. The van der Waals surface area contributed by atoms with Gasteiger partial charge in [0.2, 0.25) is 0 Å². The molecule has 2 heterocycles. The quantitative estimate of drug-likeness (QED) is 0.827. The maximum Gasteiger partial charge on any atom is 0.0701 e. The smallest absolute Gasteiger partial charge is 0.0701 e. The van der Waals surface area contributed by atoms with Gasteiger partial charge in [-0.05, 0) is 59.4 Å². The molecule has 0 spiro atoms. The largest absolute Gasteiger partial charge is 0.309 e. The first-order valence-electron chi connectivity index (χ1n) is 6.65. The highest BCUT2D eigenvalue weighted by Crippen LogP contribution is 2.29. The summed E-state index contributed by atoms with van der Waals surface area (Å²) in [4.78, 5) is 1.41. The molecule has 0 bridgehead atoms. The average Bonchev–Trinajstić information content (AvgIpc) is 2.99. The van der Waals surface area contributed by atoms with Crippen LogP contribution in [0.3, 0.4) is 0 Å². The third kappa shape index (κ3) is 4.44. The minimum atomic E-state index is 0.441. The summed E-state index contributed by atoms with van der Waals surface area (Å²) in [6.07, 6.45) is 7.39. The molecular weight excluding hydrogens is 322 g/mol. The van der Waals surface area contributed by atoms with Crippen LogP contribution < -0.4 is 5.32 Å². The van der Waals surface area contributed by atoms with Crippen molar-refractivity contribution < 1.29 is 0 Å². The highest BCUT2D eigenvalue weighted by atomic mass is 79.9. The van der Waals surface area contributed by atoms with E-state index in [4.69, 9.17) is 0 Å². The Balaban J connectivity index is 1.97. The van der Waals surface area contributed by atoms with E-state index in [0.29, 0.717) is 6.04 Å². The van der Waals surface area contributed by atoms with E-state index < -0.39 is 0 Å². The number of nitrogens with zero attached hydrogens (tertiary/aromatic N) is 2. The van der Waals surface area contributed by atoms with Gasteiger partial charge in [-0.25, -0.2) is 0 Å². The SMILES string of the molecule is CCCNC(CCc1cnn(C)c1)c1ccc(Br)s1. The van der Waals surface area contributed by atoms with Crippen LogP contribution in [-0.2, 0) is 13.5 Å². The van der Waals surface area contributed by atoms with Crippen molar-refractivity contribution in [2.75, 3.05) is 6.54 Å². The minimum Gasteiger partial charge on any atom is -0.309 e. The second kappa shape index (κ2) is 7.22. The van der Waals surface area contributed by atoms with Gasteiger partial charge in [0.1, 0.15) is 0 Å². The first-order chi connectivity index (χ1) is 9.19. The predicted octanol–water partition coefficient (Wildman–Crippen LogP) is 3.92. The van der Waals surface area contributed by atoms with Crippen molar-refractivity contribution in [2.45, 2.75) is 32.2 Å². The van der Waals surface area contributed by atoms with Crippen LogP contribution in [0.25, 0.3) is 0 Å². The first kappa shape index (κ1) is 14.8. The fourth-order valence-corrected chi connectivity index (χ4v) is 3.62. The van der Waals surface area contributed by atoms with Crippen molar-refractivity contribution in [3.63, 3.8) is 0 Å². The van der Waals surface area contributed by atoms with Gasteiger partial charge in [0, 0.05) is 24.2 Å². The standard InChI is InChI=1S/C14H20BrN3S/c1-3-8-16-12(13-6-7-14(15)19-13)5-4-11-9-17-18(2)10-11/h6-7,9-10,12,16H,3-5,8H2,1-2H3. The van der Waals surface area contributed by atoms with Gasteiger partial charge in [-0.2, -0.15) is 5.10 Å². The number of aromatic nitrogens is 2. The predicted molar refractivity (Wildman–Crippen MR) is 84.6 cm³/mol. The van der Waals surface area contributed by atoms with E-state index in [9.17, 15) is 0 Å². The second-order valence-corrected chi connectivity index (χ2v) is 7.20. The molecule has 0 aromatic carbocycles. The molecule has 104 valence electrons. The average molecular weight is 342 g/mol. The van der Waals surface area contributed by atoms with Gasteiger partial charge in [0.05, 0.1) is 9.98 Å². The van der Waals surface area contributed by atoms with Crippen molar-refractivity contribution in [3.05, 3.63) is 38.8 Å². The van der Waals surface area contributed by atoms with Gasteiger partial charge in [-0.1, -0.05) is 6.92 Å². The van der Waals surface area contributed by atoms with E-state index in [2.05, 4.69) is 51.6 Å². The van der Waals surface area contributed by atoms with E-state index in [-0.39, 0.29) is 0 Å². The summed E-state index contributed by atoms with van der Waals surface area (Å²) in [5, 5.41) is 7.86. The summed E-state index contributed by atoms with van der Waals surface area (Å²) in [7, 11) is 1.96. The zero-order valence-corrected chi connectivity index (χ0v) is 13.8. The van der Waals surface area contributed by atoms with Crippen LogP contribution in [0.4, 0.5) is 0 Å². The van der Waals surface area contributed by atoms with Crippen molar-refractivity contribution in [1.29, 1.82) is 0 Å². The van der Waals surface area contributed by atoms with Crippen LogP contribution >= 0.6 is 27.3 Å². The third-order valence-electron chi connectivity index (χ3n) is 3.06. The van der Waals surface area contributed by atoms with Gasteiger partial charge in [-0.15, -0.1) is 11.3 Å². The van der Waals surface area contributed by atoms with Crippen LogP contribution in [0, 0.1) is 0 Å². The normalized spacial score (nSPS) is 12.8. The molecule has 0 saturated carbocycles. The maximum atomic E-state index is 4.22. The number of thiophene rings is 1. The van der Waals surface area contributed by atoms with Gasteiger partial charge in [0.15, 0.2) is 0 Å². The van der Waals surface area contributed by atoms with Crippen LogP contribution in [0.1, 0.15) is 36.2 Å². The Morgan fingerprint density at radius 1 is 1.47 bits per heavy atom. The van der Waals surface area contributed by atoms with Crippen molar-refractivity contribution in [3.8, 4) is 0 Å². The number of aryl methyl sites for hydroxylation is 2. The van der Waals surface area contributed by atoms with Gasteiger partial charge >= 0.3 is 0 Å². The fraction of sp³-hybridized carbons (Fsp3) is 0.500.